The smallest absolute Gasteiger partial charge is 0.263 e. The molecule has 2 aliphatic rings. The quantitative estimate of drug-likeness (QED) is 0.802. The van der Waals surface area contributed by atoms with Gasteiger partial charge in [-0.2, -0.15) is 0 Å². The van der Waals surface area contributed by atoms with Crippen LogP contribution < -0.4 is 4.72 Å². The van der Waals surface area contributed by atoms with Crippen LogP contribution in [0.15, 0.2) is 58.5 Å². The van der Waals surface area contributed by atoms with Gasteiger partial charge < -0.3 is 4.90 Å². The molecular formula is C20H23N5O3S. The molecule has 1 N–H and O–H groups in total. The third-order valence-corrected chi connectivity index (χ3v) is 6.54. The first-order valence-electron chi connectivity index (χ1n) is 9.55. The highest BCUT2D eigenvalue weighted by molar-refractivity contribution is 7.90. The van der Waals surface area contributed by atoms with Crippen molar-refractivity contribution in [3.63, 3.8) is 0 Å². The zero-order valence-electron chi connectivity index (χ0n) is 16.2. The fourth-order valence-electron chi connectivity index (χ4n) is 3.59. The summed E-state index contributed by atoms with van der Waals surface area (Å²) in [6.07, 6.45) is 1.78. The summed E-state index contributed by atoms with van der Waals surface area (Å²) < 4.78 is 26.9. The molecule has 1 aromatic carbocycles. The first kappa shape index (κ1) is 19.5. The number of rotatable bonds is 4. The average molecular weight is 414 g/mol. The predicted octanol–water partition coefficient (Wildman–Crippen LogP) is 0.853. The largest absolute Gasteiger partial charge is 0.338 e. The number of benzene rings is 1. The molecule has 2 aromatic rings. The van der Waals surface area contributed by atoms with Crippen LogP contribution in [0.25, 0.3) is 0 Å². The number of amides is 1. The number of nitrogens with zero attached hydrogens (tertiary/aromatic N) is 4. The van der Waals surface area contributed by atoms with Crippen molar-refractivity contribution >= 4 is 21.8 Å². The standard InChI is InChI=1S/C20H23N5O3S/c1-15(22-19-17-7-2-3-8-18(17)29(27,28)23-19)20(26)25-12-10-24(11-13-25)14-16-6-4-5-9-21-16/h2-9,15H,10-14H2,1H3,(H,22,23)/t15-/m0/s1. The number of sulfonamides is 1. The minimum Gasteiger partial charge on any atom is -0.338 e. The number of nitrogens with one attached hydrogen (secondary N) is 1. The lowest BCUT2D eigenvalue weighted by molar-refractivity contribution is -0.133. The monoisotopic (exact) mass is 413 g/mol. The van der Waals surface area contributed by atoms with E-state index in [1.807, 2.05) is 18.2 Å². The number of aliphatic imine (C=N–C) groups is 1. The molecular weight excluding hydrogens is 390 g/mol. The van der Waals surface area contributed by atoms with Crippen molar-refractivity contribution in [2.45, 2.75) is 24.4 Å². The third kappa shape index (κ3) is 4.15. The minimum atomic E-state index is -3.61. The molecule has 0 unspecified atom stereocenters. The van der Waals surface area contributed by atoms with E-state index in [1.54, 1.807) is 36.2 Å². The maximum Gasteiger partial charge on any atom is 0.263 e. The van der Waals surface area contributed by atoms with Crippen molar-refractivity contribution in [2.24, 2.45) is 4.99 Å². The lowest BCUT2D eigenvalue weighted by Crippen LogP contribution is -2.50. The Morgan fingerprint density at radius 2 is 1.86 bits per heavy atom. The molecule has 4 rings (SSSR count). The van der Waals surface area contributed by atoms with Gasteiger partial charge in [-0.3, -0.25) is 24.4 Å². The maximum absolute atomic E-state index is 12.8. The van der Waals surface area contributed by atoms with Gasteiger partial charge >= 0.3 is 0 Å². The number of amidine groups is 1. The van der Waals surface area contributed by atoms with Crippen molar-refractivity contribution in [1.29, 1.82) is 0 Å². The average Bonchev–Trinajstić information content (AvgIpc) is 2.99. The van der Waals surface area contributed by atoms with Crippen molar-refractivity contribution in [3.05, 3.63) is 59.9 Å². The fraction of sp³-hybridized carbons (Fsp3) is 0.350. The van der Waals surface area contributed by atoms with E-state index in [0.29, 0.717) is 18.7 Å². The molecule has 1 fully saturated rings. The van der Waals surface area contributed by atoms with E-state index < -0.39 is 16.1 Å². The summed E-state index contributed by atoms with van der Waals surface area (Å²) in [5.41, 5.74) is 1.52. The summed E-state index contributed by atoms with van der Waals surface area (Å²) in [5.74, 6) is 0.133. The van der Waals surface area contributed by atoms with E-state index in [4.69, 9.17) is 0 Å². The van der Waals surface area contributed by atoms with Gasteiger partial charge in [-0.05, 0) is 31.2 Å². The molecule has 0 saturated carbocycles. The molecule has 9 heteroatoms. The topological polar surface area (TPSA) is 95.0 Å². The summed E-state index contributed by atoms with van der Waals surface area (Å²) in [6, 6.07) is 11.8. The van der Waals surface area contributed by atoms with E-state index in [2.05, 4.69) is 19.6 Å². The molecule has 3 heterocycles. The molecule has 0 spiro atoms. The van der Waals surface area contributed by atoms with Crippen LogP contribution in [-0.4, -0.2) is 67.2 Å². The minimum absolute atomic E-state index is 0.0986. The molecule has 1 aromatic heterocycles. The second-order valence-corrected chi connectivity index (χ2v) is 8.83. The molecule has 1 amide bonds. The van der Waals surface area contributed by atoms with Gasteiger partial charge in [0.05, 0.1) is 10.6 Å². The number of carbonyl (C=O) groups excluding carboxylic acids is 1. The lowest BCUT2D eigenvalue weighted by Gasteiger charge is -2.35. The predicted molar refractivity (Wildman–Crippen MR) is 109 cm³/mol. The summed E-state index contributed by atoms with van der Waals surface area (Å²) in [5, 5.41) is 0. The molecule has 0 aliphatic carbocycles. The number of hydrogen-bond donors (Lipinski definition) is 1. The number of piperazine rings is 1. The molecule has 2 aliphatic heterocycles. The molecule has 0 bridgehead atoms. The lowest BCUT2D eigenvalue weighted by atomic mass is 10.2. The summed E-state index contributed by atoms with van der Waals surface area (Å²) in [7, 11) is -3.61. The van der Waals surface area contributed by atoms with E-state index >= 15 is 0 Å². The van der Waals surface area contributed by atoms with E-state index in [0.717, 1.165) is 25.3 Å². The number of pyridine rings is 1. The van der Waals surface area contributed by atoms with Crippen LogP contribution in [0, 0.1) is 0 Å². The zero-order chi connectivity index (χ0) is 20.4. The number of carbonyl (C=O) groups is 1. The fourth-order valence-corrected chi connectivity index (χ4v) is 4.83. The summed E-state index contributed by atoms with van der Waals surface area (Å²) in [4.78, 5) is 25.8. The van der Waals surface area contributed by atoms with Crippen LogP contribution in [0.3, 0.4) is 0 Å². The number of fused-ring (bicyclic) bond motifs is 1. The van der Waals surface area contributed by atoms with Gasteiger partial charge in [0.15, 0.2) is 0 Å². The molecule has 29 heavy (non-hydrogen) atoms. The highest BCUT2D eigenvalue weighted by Gasteiger charge is 2.32. The van der Waals surface area contributed by atoms with Crippen LogP contribution in [0.1, 0.15) is 18.2 Å². The second-order valence-electron chi connectivity index (χ2n) is 7.18. The Hall–Kier alpha value is -2.78. The van der Waals surface area contributed by atoms with E-state index in [1.165, 1.54) is 6.07 Å². The Morgan fingerprint density at radius 1 is 1.14 bits per heavy atom. The van der Waals surface area contributed by atoms with Crippen molar-refractivity contribution in [2.75, 3.05) is 26.2 Å². The van der Waals surface area contributed by atoms with Crippen molar-refractivity contribution in [3.8, 4) is 0 Å². The molecule has 1 atom stereocenters. The SMILES string of the molecule is C[C@H](N=C1NS(=O)(=O)c2ccccc21)C(=O)N1CCN(Cc2ccccn2)CC1. The van der Waals surface area contributed by atoms with Gasteiger partial charge in [0, 0.05) is 44.5 Å². The molecule has 8 nitrogen and oxygen atoms in total. The highest BCUT2D eigenvalue weighted by atomic mass is 32.2. The number of hydrogen-bond acceptors (Lipinski definition) is 6. The normalized spacial score (nSPS) is 20.9. The Kier molecular flexibility index (Phi) is 5.33. The van der Waals surface area contributed by atoms with Crippen LogP contribution in [-0.2, 0) is 21.4 Å². The summed E-state index contributed by atoms with van der Waals surface area (Å²) in [6.45, 7) is 5.22. The molecule has 0 radical (unpaired) electrons. The molecule has 152 valence electrons. The van der Waals surface area contributed by atoms with Crippen molar-refractivity contribution in [1.82, 2.24) is 19.5 Å². The van der Waals surface area contributed by atoms with Crippen molar-refractivity contribution < 1.29 is 13.2 Å². The van der Waals surface area contributed by atoms with Gasteiger partial charge in [0.25, 0.3) is 10.0 Å². The highest BCUT2D eigenvalue weighted by Crippen LogP contribution is 2.22. The van der Waals surface area contributed by atoms with Crippen LogP contribution in [0.5, 0.6) is 0 Å². The third-order valence-electron chi connectivity index (χ3n) is 5.14. The van der Waals surface area contributed by atoms with Crippen LogP contribution in [0.4, 0.5) is 0 Å². The number of aromatic nitrogens is 1. The Labute approximate surface area is 170 Å². The van der Waals surface area contributed by atoms with Gasteiger partial charge in [-0.25, -0.2) is 8.42 Å². The zero-order valence-corrected chi connectivity index (χ0v) is 17.0. The van der Waals surface area contributed by atoms with E-state index in [9.17, 15) is 13.2 Å². The molecule has 1 saturated heterocycles. The summed E-state index contributed by atoms with van der Waals surface area (Å²) >= 11 is 0. The van der Waals surface area contributed by atoms with E-state index in [-0.39, 0.29) is 16.6 Å². The Balaban J connectivity index is 1.39. The van der Waals surface area contributed by atoms with Crippen LogP contribution in [0.2, 0.25) is 0 Å². The van der Waals surface area contributed by atoms with Gasteiger partial charge in [0.1, 0.15) is 11.9 Å². The van der Waals surface area contributed by atoms with Gasteiger partial charge in [0.2, 0.25) is 5.91 Å². The first-order chi connectivity index (χ1) is 13.9. The maximum atomic E-state index is 12.8. The van der Waals surface area contributed by atoms with Gasteiger partial charge in [-0.15, -0.1) is 0 Å². The van der Waals surface area contributed by atoms with Crippen LogP contribution >= 0.6 is 0 Å². The Bertz CT molecular complexity index is 1030. The second kappa shape index (κ2) is 7.92. The first-order valence-corrected chi connectivity index (χ1v) is 11.0. The van der Waals surface area contributed by atoms with Gasteiger partial charge in [-0.1, -0.05) is 18.2 Å². The Morgan fingerprint density at radius 3 is 2.59 bits per heavy atom.